The van der Waals surface area contributed by atoms with Gasteiger partial charge in [-0.2, -0.15) is 0 Å². The van der Waals surface area contributed by atoms with Crippen molar-refractivity contribution in [1.82, 2.24) is 5.32 Å². The lowest BCUT2D eigenvalue weighted by molar-refractivity contribution is 0.302. The van der Waals surface area contributed by atoms with Crippen LogP contribution in [0, 0.1) is 12.7 Å². The van der Waals surface area contributed by atoms with Gasteiger partial charge in [0.2, 0.25) is 0 Å². The molecule has 0 aliphatic carbocycles. The molecule has 0 fully saturated rings. The third-order valence-electron chi connectivity index (χ3n) is 4.10. The standard InChI is InChI=1S/C22H21BrFNO.ClH/c1-16-2-4-18(5-3-16)15-26-22-11-8-20(23)12-19(22)14-25-13-17-6-9-21(24)10-7-17;/h2-12,25H,13-15H2,1H3;1H. The van der Waals surface area contributed by atoms with Crippen molar-refractivity contribution in [3.63, 3.8) is 0 Å². The lowest BCUT2D eigenvalue weighted by Gasteiger charge is -2.13. The highest BCUT2D eigenvalue weighted by molar-refractivity contribution is 9.10. The molecule has 0 heterocycles. The molecule has 3 aromatic rings. The first-order valence-corrected chi connectivity index (χ1v) is 9.31. The van der Waals surface area contributed by atoms with Gasteiger partial charge in [-0.15, -0.1) is 12.4 Å². The van der Waals surface area contributed by atoms with Crippen LogP contribution in [-0.4, -0.2) is 0 Å². The Kier molecular flexibility index (Phi) is 8.29. The van der Waals surface area contributed by atoms with Gasteiger partial charge in [0.1, 0.15) is 18.2 Å². The fraction of sp³-hybridized carbons (Fsp3) is 0.182. The van der Waals surface area contributed by atoms with Crippen LogP contribution < -0.4 is 10.1 Å². The summed E-state index contributed by atoms with van der Waals surface area (Å²) in [6.07, 6.45) is 0. The van der Waals surface area contributed by atoms with E-state index in [0.29, 0.717) is 19.7 Å². The molecule has 3 rings (SSSR count). The Labute approximate surface area is 174 Å². The number of hydrogen-bond acceptors (Lipinski definition) is 2. The third kappa shape index (κ3) is 6.65. The molecule has 0 atom stereocenters. The summed E-state index contributed by atoms with van der Waals surface area (Å²) in [5.41, 5.74) is 4.50. The Morgan fingerprint density at radius 2 is 1.56 bits per heavy atom. The van der Waals surface area contributed by atoms with E-state index < -0.39 is 0 Å². The van der Waals surface area contributed by atoms with Gasteiger partial charge >= 0.3 is 0 Å². The van der Waals surface area contributed by atoms with Gasteiger partial charge in [0.05, 0.1) is 0 Å². The van der Waals surface area contributed by atoms with Crippen LogP contribution in [0.1, 0.15) is 22.3 Å². The van der Waals surface area contributed by atoms with Gasteiger partial charge in [0.25, 0.3) is 0 Å². The SMILES string of the molecule is Cc1ccc(COc2ccc(Br)cc2CNCc2ccc(F)cc2)cc1.Cl. The second-order valence-electron chi connectivity index (χ2n) is 6.26. The number of nitrogens with one attached hydrogen (secondary N) is 1. The summed E-state index contributed by atoms with van der Waals surface area (Å²) in [5.74, 6) is 0.646. The molecule has 0 saturated heterocycles. The van der Waals surface area contributed by atoms with Gasteiger partial charge in [-0.05, 0) is 48.4 Å². The normalized spacial score (nSPS) is 10.3. The molecular weight excluding hydrogens is 429 g/mol. The van der Waals surface area contributed by atoms with E-state index in [2.05, 4.69) is 58.5 Å². The Morgan fingerprint density at radius 3 is 2.26 bits per heavy atom. The van der Waals surface area contributed by atoms with Crippen molar-refractivity contribution in [3.8, 4) is 5.75 Å². The second-order valence-corrected chi connectivity index (χ2v) is 7.17. The minimum absolute atomic E-state index is 0. The number of ether oxygens (including phenoxy) is 1. The molecular formula is C22H22BrClFNO. The zero-order valence-electron chi connectivity index (χ0n) is 15.0. The van der Waals surface area contributed by atoms with E-state index in [1.54, 1.807) is 12.1 Å². The average Bonchev–Trinajstić information content (AvgIpc) is 2.64. The van der Waals surface area contributed by atoms with Crippen LogP contribution in [-0.2, 0) is 19.7 Å². The summed E-state index contributed by atoms with van der Waals surface area (Å²) in [7, 11) is 0. The summed E-state index contributed by atoms with van der Waals surface area (Å²) in [6.45, 7) is 3.95. The molecule has 0 radical (unpaired) electrons. The van der Waals surface area contributed by atoms with Crippen LogP contribution in [0.4, 0.5) is 4.39 Å². The van der Waals surface area contributed by atoms with Crippen LogP contribution in [0.2, 0.25) is 0 Å². The summed E-state index contributed by atoms with van der Waals surface area (Å²) in [5, 5.41) is 3.39. The number of aryl methyl sites for hydroxylation is 1. The number of benzene rings is 3. The summed E-state index contributed by atoms with van der Waals surface area (Å²) in [4.78, 5) is 0. The maximum Gasteiger partial charge on any atom is 0.124 e. The van der Waals surface area contributed by atoms with Crippen LogP contribution in [0.15, 0.2) is 71.2 Å². The highest BCUT2D eigenvalue weighted by Crippen LogP contribution is 2.24. The lowest BCUT2D eigenvalue weighted by atomic mass is 10.1. The number of rotatable bonds is 7. The summed E-state index contributed by atoms with van der Waals surface area (Å²) >= 11 is 3.52. The topological polar surface area (TPSA) is 21.3 Å². The Hall–Kier alpha value is -1.88. The van der Waals surface area contributed by atoms with E-state index in [-0.39, 0.29) is 18.2 Å². The van der Waals surface area contributed by atoms with Crippen molar-refractivity contribution in [2.45, 2.75) is 26.6 Å². The van der Waals surface area contributed by atoms with Gasteiger partial charge < -0.3 is 10.1 Å². The smallest absolute Gasteiger partial charge is 0.124 e. The highest BCUT2D eigenvalue weighted by Gasteiger charge is 2.06. The van der Waals surface area contributed by atoms with E-state index >= 15 is 0 Å². The Morgan fingerprint density at radius 1 is 0.889 bits per heavy atom. The van der Waals surface area contributed by atoms with Crippen molar-refractivity contribution in [2.24, 2.45) is 0 Å². The fourth-order valence-electron chi connectivity index (χ4n) is 2.62. The molecule has 2 nitrogen and oxygen atoms in total. The number of halogens is 3. The fourth-order valence-corrected chi connectivity index (χ4v) is 3.02. The van der Waals surface area contributed by atoms with E-state index in [1.165, 1.54) is 17.7 Å². The van der Waals surface area contributed by atoms with Crippen molar-refractivity contribution in [2.75, 3.05) is 0 Å². The van der Waals surface area contributed by atoms with Crippen molar-refractivity contribution in [3.05, 3.63) is 99.3 Å². The van der Waals surface area contributed by atoms with E-state index in [0.717, 1.165) is 26.9 Å². The first-order valence-electron chi connectivity index (χ1n) is 8.52. The third-order valence-corrected chi connectivity index (χ3v) is 4.59. The van der Waals surface area contributed by atoms with Crippen LogP contribution in [0.3, 0.4) is 0 Å². The molecule has 0 spiro atoms. The van der Waals surface area contributed by atoms with Crippen LogP contribution in [0.25, 0.3) is 0 Å². The molecule has 0 saturated carbocycles. The second kappa shape index (κ2) is 10.5. The van der Waals surface area contributed by atoms with E-state index in [1.807, 2.05) is 12.1 Å². The first-order chi connectivity index (χ1) is 12.6. The minimum atomic E-state index is -0.215. The Balaban J connectivity index is 0.00000261. The predicted octanol–water partition coefficient (Wildman–Crippen LogP) is 6.19. The van der Waals surface area contributed by atoms with Crippen molar-refractivity contribution >= 4 is 28.3 Å². The molecule has 5 heteroatoms. The number of hydrogen-bond donors (Lipinski definition) is 1. The predicted molar refractivity (Wildman–Crippen MR) is 114 cm³/mol. The van der Waals surface area contributed by atoms with Gasteiger partial charge in [0, 0.05) is 23.1 Å². The molecule has 0 unspecified atom stereocenters. The van der Waals surface area contributed by atoms with Crippen molar-refractivity contribution < 1.29 is 9.13 Å². The molecule has 142 valence electrons. The van der Waals surface area contributed by atoms with Crippen LogP contribution in [0.5, 0.6) is 5.75 Å². The molecule has 0 aliphatic heterocycles. The molecule has 0 aromatic heterocycles. The molecule has 3 aromatic carbocycles. The maximum atomic E-state index is 13.0. The molecule has 1 N–H and O–H groups in total. The molecule has 0 amide bonds. The summed E-state index contributed by atoms with van der Waals surface area (Å²) < 4.78 is 20.0. The van der Waals surface area contributed by atoms with E-state index in [4.69, 9.17) is 4.74 Å². The maximum absolute atomic E-state index is 13.0. The highest BCUT2D eigenvalue weighted by atomic mass is 79.9. The summed E-state index contributed by atoms with van der Waals surface area (Å²) in [6, 6.07) is 20.9. The van der Waals surface area contributed by atoms with Gasteiger partial charge in [0.15, 0.2) is 0 Å². The van der Waals surface area contributed by atoms with Gasteiger partial charge in [-0.1, -0.05) is 57.9 Å². The van der Waals surface area contributed by atoms with Gasteiger partial charge in [-0.3, -0.25) is 0 Å². The average molecular weight is 451 g/mol. The quantitative estimate of drug-likeness (QED) is 0.463. The minimum Gasteiger partial charge on any atom is -0.489 e. The lowest BCUT2D eigenvalue weighted by Crippen LogP contribution is -2.13. The zero-order valence-corrected chi connectivity index (χ0v) is 17.4. The first kappa shape index (κ1) is 21.4. The molecule has 27 heavy (non-hydrogen) atoms. The Bertz CT molecular complexity index is 853. The van der Waals surface area contributed by atoms with Gasteiger partial charge in [-0.25, -0.2) is 4.39 Å². The van der Waals surface area contributed by atoms with E-state index in [9.17, 15) is 4.39 Å². The zero-order chi connectivity index (χ0) is 18.4. The van der Waals surface area contributed by atoms with Crippen molar-refractivity contribution in [1.29, 1.82) is 0 Å². The molecule has 0 aliphatic rings. The monoisotopic (exact) mass is 449 g/mol. The largest absolute Gasteiger partial charge is 0.489 e. The van der Waals surface area contributed by atoms with Crippen LogP contribution >= 0.6 is 28.3 Å². The molecule has 0 bridgehead atoms.